The quantitative estimate of drug-likeness (QED) is 0.541. The summed E-state index contributed by atoms with van der Waals surface area (Å²) in [6.07, 6.45) is 3.19. The van der Waals surface area contributed by atoms with E-state index in [-0.39, 0.29) is 30.3 Å². The molecule has 2 heterocycles. The summed E-state index contributed by atoms with van der Waals surface area (Å²) < 4.78 is 16.0. The van der Waals surface area contributed by atoms with E-state index in [1.807, 2.05) is 0 Å². The van der Waals surface area contributed by atoms with Crippen molar-refractivity contribution in [2.24, 2.45) is 23.7 Å². The number of carbonyl (C=O) groups is 3. The van der Waals surface area contributed by atoms with Crippen molar-refractivity contribution in [1.29, 1.82) is 0 Å². The molecule has 2 bridgehead atoms. The maximum absolute atomic E-state index is 12.3. The van der Waals surface area contributed by atoms with Crippen molar-refractivity contribution >= 4 is 17.9 Å². The van der Waals surface area contributed by atoms with Crippen molar-refractivity contribution in [2.45, 2.75) is 37.9 Å². The predicted molar refractivity (Wildman–Crippen MR) is 80.6 cm³/mol. The third-order valence-corrected chi connectivity index (χ3v) is 6.09. The number of esters is 3. The van der Waals surface area contributed by atoms with Gasteiger partial charge >= 0.3 is 17.9 Å². The van der Waals surface area contributed by atoms with Crippen LogP contribution in [-0.2, 0) is 28.6 Å². The SMILES string of the molecule is COC(=O)C1C2CC3C(OC(=O)C31)C2OC(=O)CN1CCCCC1. The number of rotatable bonds is 4. The summed E-state index contributed by atoms with van der Waals surface area (Å²) in [5, 5.41) is 0. The van der Waals surface area contributed by atoms with Crippen molar-refractivity contribution < 1.29 is 28.6 Å². The minimum Gasteiger partial charge on any atom is -0.469 e. The van der Waals surface area contributed by atoms with Crippen molar-refractivity contribution in [3.05, 3.63) is 0 Å². The molecule has 4 fully saturated rings. The normalized spacial score (nSPS) is 40.5. The highest BCUT2D eigenvalue weighted by atomic mass is 16.6. The van der Waals surface area contributed by atoms with Crippen LogP contribution in [0.4, 0.5) is 0 Å². The van der Waals surface area contributed by atoms with Gasteiger partial charge in [-0.05, 0) is 32.4 Å². The van der Waals surface area contributed by atoms with Crippen LogP contribution in [-0.4, -0.2) is 61.8 Å². The summed E-state index contributed by atoms with van der Waals surface area (Å²) in [5.41, 5.74) is 0. The van der Waals surface area contributed by atoms with Crippen LogP contribution in [0.2, 0.25) is 0 Å². The van der Waals surface area contributed by atoms with E-state index in [0.717, 1.165) is 25.9 Å². The second kappa shape index (κ2) is 6.02. The molecule has 2 saturated heterocycles. The molecule has 4 aliphatic rings. The Morgan fingerprint density at radius 2 is 1.96 bits per heavy atom. The Hall–Kier alpha value is -1.63. The molecule has 0 radical (unpaired) electrons. The molecule has 0 N–H and O–H groups in total. The molecular weight excluding hydrogens is 314 g/mol. The molecule has 0 spiro atoms. The van der Waals surface area contributed by atoms with Gasteiger partial charge in [-0.25, -0.2) is 0 Å². The zero-order valence-corrected chi connectivity index (χ0v) is 13.8. The summed E-state index contributed by atoms with van der Waals surface area (Å²) in [6.45, 7) is 2.09. The van der Waals surface area contributed by atoms with Crippen LogP contribution in [0.25, 0.3) is 0 Å². The highest BCUT2D eigenvalue weighted by Gasteiger charge is 2.70. The molecule has 2 saturated carbocycles. The Morgan fingerprint density at radius 1 is 1.21 bits per heavy atom. The second-order valence-electron chi connectivity index (χ2n) is 7.33. The van der Waals surface area contributed by atoms with Gasteiger partial charge in [0.25, 0.3) is 0 Å². The predicted octanol–water partition coefficient (Wildman–Crippen LogP) is 0.365. The second-order valence-corrected chi connectivity index (χ2v) is 7.33. The van der Waals surface area contributed by atoms with Crippen LogP contribution < -0.4 is 0 Å². The minimum atomic E-state index is -0.543. The fraction of sp³-hybridized carbons (Fsp3) is 0.824. The molecule has 7 heteroatoms. The number of nitrogens with zero attached hydrogens (tertiary/aromatic N) is 1. The van der Waals surface area contributed by atoms with Gasteiger partial charge in [-0.2, -0.15) is 0 Å². The smallest absolute Gasteiger partial charge is 0.320 e. The Balaban J connectivity index is 1.45. The first-order valence-electron chi connectivity index (χ1n) is 8.80. The van der Waals surface area contributed by atoms with Crippen LogP contribution in [0.15, 0.2) is 0 Å². The van der Waals surface area contributed by atoms with Crippen LogP contribution >= 0.6 is 0 Å². The fourth-order valence-corrected chi connectivity index (χ4v) is 5.09. The first kappa shape index (κ1) is 15.9. The van der Waals surface area contributed by atoms with Gasteiger partial charge in [0.15, 0.2) is 0 Å². The van der Waals surface area contributed by atoms with Gasteiger partial charge < -0.3 is 14.2 Å². The summed E-state index contributed by atoms with van der Waals surface area (Å²) >= 11 is 0. The van der Waals surface area contributed by atoms with Crippen LogP contribution in [0.3, 0.4) is 0 Å². The maximum Gasteiger partial charge on any atom is 0.320 e. The average molecular weight is 337 g/mol. The van der Waals surface area contributed by atoms with Crippen LogP contribution in [0, 0.1) is 23.7 Å². The zero-order chi connectivity index (χ0) is 16.8. The molecule has 6 unspecified atom stereocenters. The number of hydrogen-bond acceptors (Lipinski definition) is 7. The topological polar surface area (TPSA) is 82.1 Å². The third kappa shape index (κ3) is 2.41. The first-order chi connectivity index (χ1) is 11.6. The van der Waals surface area contributed by atoms with Gasteiger partial charge in [-0.15, -0.1) is 0 Å². The number of fused-ring (bicyclic) bond motifs is 1. The standard InChI is InChI=1S/C17H23NO6/c1-22-16(20)12-9-7-10-13(12)17(21)24-15(10)14(9)23-11(19)8-18-5-3-2-4-6-18/h9-10,12-15H,2-8H2,1H3. The van der Waals surface area contributed by atoms with Gasteiger partial charge in [-0.3, -0.25) is 19.3 Å². The number of piperidine rings is 1. The molecule has 0 aromatic heterocycles. The lowest BCUT2D eigenvalue weighted by Crippen LogP contribution is -2.45. The first-order valence-corrected chi connectivity index (χ1v) is 8.80. The Bertz CT molecular complexity index is 557. The van der Waals surface area contributed by atoms with E-state index in [2.05, 4.69) is 4.90 Å². The highest BCUT2D eigenvalue weighted by Crippen LogP contribution is 2.58. The van der Waals surface area contributed by atoms with Gasteiger partial charge in [0.1, 0.15) is 12.2 Å². The monoisotopic (exact) mass is 337 g/mol. The Morgan fingerprint density at radius 3 is 2.67 bits per heavy atom. The lowest BCUT2D eigenvalue weighted by atomic mass is 9.78. The van der Waals surface area contributed by atoms with E-state index in [1.54, 1.807) is 0 Å². The Labute approximate surface area is 140 Å². The maximum atomic E-state index is 12.3. The van der Waals surface area contributed by atoms with Crippen molar-refractivity contribution in [3.63, 3.8) is 0 Å². The largest absolute Gasteiger partial charge is 0.469 e. The molecule has 132 valence electrons. The van der Waals surface area contributed by atoms with Gasteiger partial charge in [0.2, 0.25) is 0 Å². The number of ether oxygens (including phenoxy) is 3. The van der Waals surface area contributed by atoms with Gasteiger partial charge in [0.05, 0.1) is 25.5 Å². The summed E-state index contributed by atoms with van der Waals surface area (Å²) in [4.78, 5) is 38.6. The summed E-state index contributed by atoms with van der Waals surface area (Å²) in [5.74, 6) is -2.21. The van der Waals surface area contributed by atoms with Gasteiger partial charge in [0, 0.05) is 11.8 Å². The van der Waals surface area contributed by atoms with Crippen LogP contribution in [0.5, 0.6) is 0 Å². The van der Waals surface area contributed by atoms with E-state index < -0.39 is 30.0 Å². The van der Waals surface area contributed by atoms with Crippen molar-refractivity contribution in [2.75, 3.05) is 26.7 Å². The summed E-state index contributed by atoms with van der Waals surface area (Å²) in [7, 11) is 1.32. The highest BCUT2D eigenvalue weighted by molar-refractivity contribution is 5.86. The fourth-order valence-electron chi connectivity index (χ4n) is 5.09. The number of hydrogen-bond donors (Lipinski definition) is 0. The molecule has 2 aliphatic carbocycles. The van der Waals surface area contributed by atoms with E-state index in [1.165, 1.54) is 13.5 Å². The van der Waals surface area contributed by atoms with Gasteiger partial charge in [-0.1, -0.05) is 6.42 Å². The molecule has 0 amide bonds. The molecule has 7 nitrogen and oxygen atoms in total. The number of carbonyl (C=O) groups excluding carboxylic acids is 3. The Kier molecular flexibility index (Phi) is 3.98. The zero-order valence-electron chi connectivity index (χ0n) is 13.8. The average Bonchev–Trinajstić information content (AvgIpc) is 3.18. The molecule has 6 atom stereocenters. The van der Waals surface area contributed by atoms with E-state index in [9.17, 15) is 14.4 Å². The lowest BCUT2D eigenvalue weighted by Gasteiger charge is -2.31. The molecule has 2 aliphatic heterocycles. The molecule has 0 aromatic rings. The molecular formula is C17H23NO6. The number of methoxy groups -OCH3 is 1. The minimum absolute atomic E-state index is 0.0283. The van der Waals surface area contributed by atoms with Crippen molar-refractivity contribution in [3.8, 4) is 0 Å². The lowest BCUT2D eigenvalue weighted by molar-refractivity contribution is -0.166. The van der Waals surface area contributed by atoms with E-state index in [4.69, 9.17) is 14.2 Å². The molecule has 0 aromatic carbocycles. The summed E-state index contributed by atoms with van der Waals surface area (Å²) in [6, 6.07) is 0. The van der Waals surface area contributed by atoms with Crippen molar-refractivity contribution in [1.82, 2.24) is 4.90 Å². The van der Waals surface area contributed by atoms with E-state index >= 15 is 0 Å². The molecule has 4 rings (SSSR count). The third-order valence-electron chi connectivity index (χ3n) is 6.09. The van der Waals surface area contributed by atoms with E-state index in [0.29, 0.717) is 6.42 Å². The molecule has 24 heavy (non-hydrogen) atoms. The van der Waals surface area contributed by atoms with Crippen LogP contribution in [0.1, 0.15) is 25.7 Å². The number of likely N-dealkylation sites (tertiary alicyclic amines) is 1.